The van der Waals surface area contributed by atoms with E-state index in [0.29, 0.717) is 32.2 Å². The number of unbranched alkanes of at least 4 members (excludes halogenated alkanes) is 1. The van der Waals surface area contributed by atoms with Crippen molar-refractivity contribution in [2.45, 2.75) is 137 Å². The number of likely N-dealkylation sites (tertiary alicyclic amines) is 1. The Balaban J connectivity index is 0.00000972. The van der Waals surface area contributed by atoms with E-state index in [1.54, 1.807) is 18.9 Å². The second-order valence-corrected chi connectivity index (χ2v) is 15.3. The fraction of sp³-hybridized carbons (Fsp3) is 0.683. The molecule has 0 radical (unpaired) electrons. The SMILES string of the molecule is C.CCCC(NC(=O)C1[C@H]2CCC[C@H]2CN1C(=O)[C@@H](NC(=O)[C@@H](CC(=O)CCCCC(=O)NC)C(C)C)C(C)C)C(=O)C(=O)N[C@@H](C)c1ccccc1. The minimum Gasteiger partial charge on any atom is -0.359 e. The van der Waals surface area contributed by atoms with Gasteiger partial charge >= 0.3 is 0 Å². The average molecular weight is 740 g/mol. The van der Waals surface area contributed by atoms with Gasteiger partial charge in [0, 0.05) is 38.8 Å². The standard InChI is InChI=1S/C40H61N5O7.CH4/c1-8-15-32(36(48)39(51)42-26(6)27-16-10-9-11-17-27)43-38(50)35-30-20-14-18-28(30)23-45(35)40(52)34(25(4)5)44-37(49)31(24(2)3)22-29(46)19-12-13-21-33(47)41-7;/h9-11,16-17,24-26,28,30-32,34-35H,8,12-15,18-23H2,1-7H3,(H,41,47)(H,42,51)(H,43,50)(H,44,49);1H4/t26-,28-,30-,31-,32?,34-,35?;/m0./s1. The molecule has 2 aliphatic rings. The molecule has 2 unspecified atom stereocenters. The van der Waals surface area contributed by atoms with Crippen molar-refractivity contribution in [3.8, 4) is 0 Å². The third-order valence-electron chi connectivity index (χ3n) is 10.7. The van der Waals surface area contributed by atoms with Crippen LogP contribution in [0.3, 0.4) is 0 Å². The summed E-state index contributed by atoms with van der Waals surface area (Å²) < 4.78 is 0. The summed E-state index contributed by atoms with van der Waals surface area (Å²) in [5.74, 6) is -3.97. The average Bonchev–Trinajstić information content (AvgIpc) is 3.72. The van der Waals surface area contributed by atoms with E-state index in [1.807, 2.05) is 65.0 Å². The fourth-order valence-corrected chi connectivity index (χ4v) is 7.60. The van der Waals surface area contributed by atoms with Crippen molar-refractivity contribution in [1.82, 2.24) is 26.2 Å². The minimum atomic E-state index is -1.05. The lowest BCUT2D eigenvalue weighted by Gasteiger charge is -2.33. The highest BCUT2D eigenvalue weighted by Gasteiger charge is 2.51. The van der Waals surface area contributed by atoms with Crippen LogP contribution in [-0.2, 0) is 33.6 Å². The van der Waals surface area contributed by atoms with Crippen molar-refractivity contribution >= 4 is 41.1 Å². The van der Waals surface area contributed by atoms with Crippen LogP contribution in [0.2, 0.25) is 0 Å². The van der Waals surface area contributed by atoms with Crippen LogP contribution in [0, 0.1) is 29.6 Å². The number of nitrogens with zero attached hydrogens (tertiary/aromatic N) is 1. The minimum absolute atomic E-state index is 0. The molecular formula is C41H65N5O7. The first-order valence-corrected chi connectivity index (χ1v) is 19.2. The van der Waals surface area contributed by atoms with Crippen LogP contribution < -0.4 is 21.3 Å². The topological polar surface area (TPSA) is 171 Å². The molecule has 53 heavy (non-hydrogen) atoms. The highest BCUT2D eigenvalue weighted by molar-refractivity contribution is 6.38. The van der Waals surface area contributed by atoms with Gasteiger partial charge in [0.05, 0.1) is 12.1 Å². The Morgan fingerprint density at radius 1 is 0.849 bits per heavy atom. The van der Waals surface area contributed by atoms with Gasteiger partial charge in [-0.3, -0.25) is 33.6 Å². The Labute approximate surface area is 316 Å². The molecule has 296 valence electrons. The van der Waals surface area contributed by atoms with Gasteiger partial charge in [-0.05, 0) is 68.3 Å². The van der Waals surface area contributed by atoms with Gasteiger partial charge in [0.1, 0.15) is 17.9 Å². The molecule has 0 aromatic heterocycles. The molecule has 4 N–H and O–H groups in total. The zero-order valence-corrected chi connectivity index (χ0v) is 32.2. The van der Waals surface area contributed by atoms with Gasteiger partial charge in [-0.25, -0.2) is 0 Å². The number of hydrogen-bond acceptors (Lipinski definition) is 7. The van der Waals surface area contributed by atoms with Crippen molar-refractivity contribution < 1.29 is 33.6 Å². The Hall–Kier alpha value is -4.09. The molecule has 1 aromatic rings. The number of ketones is 2. The maximum absolute atomic E-state index is 14.3. The molecule has 12 heteroatoms. The summed E-state index contributed by atoms with van der Waals surface area (Å²) in [6.07, 6.45) is 5.14. The number of amides is 5. The molecule has 1 aliphatic heterocycles. The number of fused-ring (bicyclic) bond motifs is 1. The Morgan fingerprint density at radius 2 is 1.51 bits per heavy atom. The fourth-order valence-electron chi connectivity index (χ4n) is 7.60. The Bertz CT molecular complexity index is 1410. The van der Waals surface area contributed by atoms with Gasteiger partial charge < -0.3 is 26.2 Å². The van der Waals surface area contributed by atoms with Gasteiger partial charge in [-0.2, -0.15) is 0 Å². The first-order valence-electron chi connectivity index (χ1n) is 19.2. The van der Waals surface area contributed by atoms with Gasteiger partial charge in [-0.15, -0.1) is 0 Å². The Kier molecular flexibility index (Phi) is 18.3. The molecule has 3 rings (SSSR count). The molecule has 7 atom stereocenters. The van der Waals surface area contributed by atoms with Crippen LogP contribution in [0.4, 0.5) is 0 Å². The summed E-state index contributed by atoms with van der Waals surface area (Å²) in [6.45, 7) is 11.4. The van der Waals surface area contributed by atoms with Crippen molar-refractivity contribution in [2.24, 2.45) is 29.6 Å². The van der Waals surface area contributed by atoms with E-state index in [0.717, 1.165) is 24.8 Å². The smallest absolute Gasteiger partial charge is 0.290 e. The maximum atomic E-state index is 14.3. The van der Waals surface area contributed by atoms with Crippen molar-refractivity contribution in [3.63, 3.8) is 0 Å². The van der Waals surface area contributed by atoms with Gasteiger partial charge in [0.25, 0.3) is 5.91 Å². The summed E-state index contributed by atoms with van der Waals surface area (Å²) in [4.78, 5) is 94.6. The third kappa shape index (κ3) is 12.5. The van der Waals surface area contributed by atoms with Crippen LogP contribution >= 0.6 is 0 Å². The Morgan fingerprint density at radius 3 is 2.11 bits per heavy atom. The molecule has 1 aliphatic carbocycles. The number of nitrogens with one attached hydrogen (secondary N) is 4. The van der Waals surface area contributed by atoms with Crippen LogP contribution in [0.5, 0.6) is 0 Å². The zero-order valence-electron chi connectivity index (χ0n) is 32.2. The number of rotatable bonds is 20. The lowest BCUT2D eigenvalue weighted by Crippen LogP contribution is -2.59. The molecule has 12 nitrogen and oxygen atoms in total. The second kappa shape index (κ2) is 21.6. The van der Waals surface area contributed by atoms with E-state index >= 15 is 0 Å². The van der Waals surface area contributed by atoms with Gasteiger partial charge in [0.2, 0.25) is 29.4 Å². The van der Waals surface area contributed by atoms with E-state index in [2.05, 4.69) is 21.3 Å². The molecule has 1 saturated carbocycles. The van der Waals surface area contributed by atoms with E-state index in [-0.39, 0.29) is 73.9 Å². The number of Topliss-reactive ketones (excluding diaryl/α,β-unsaturated/α-hetero) is 2. The lowest BCUT2D eigenvalue weighted by molar-refractivity contribution is -0.145. The summed E-state index contributed by atoms with van der Waals surface area (Å²) in [7, 11) is 1.57. The van der Waals surface area contributed by atoms with E-state index in [9.17, 15) is 33.6 Å². The molecule has 1 heterocycles. The predicted octanol–water partition coefficient (Wildman–Crippen LogP) is 4.66. The molecule has 2 fully saturated rings. The first-order chi connectivity index (χ1) is 24.7. The quantitative estimate of drug-likeness (QED) is 0.111. The molecule has 0 bridgehead atoms. The summed E-state index contributed by atoms with van der Waals surface area (Å²) >= 11 is 0. The van der Waals surface area contributed by atoms with Gasteiger partial charge in [-0.1, -0.05) is 85.2 Å². The summed E-state index contributed by atoms with van der Waals surface area (Å²) in [5, 5.41) is 11.1. The van der Waals surface area contributed by atoms with E-state index in [4.69, 9.17) is 0 Å². The van der Waals surface area contributed by atoms with E-state index < -0.39 is 47.7 Å². The molecule has 5 amide bonds. The summed E-state index contributed by atoms with van der Waals surface area (Å²) in [5.41, 5.74) is 0.847. The lowest BCUT2D eigenvalue weighted by atomic mass is 9.88. The van der Waals surface area contributed by atoms with Crippen LogP contribution in [-0.4, -0.2) is 77.7 Å². The zero-order chi connectivity index (χ0) is 38.5. The molecule has 1 saturated heterocycles. The summed E-state index contributed by atoms with van der Waals surface area (Å²) in [6, 6.07) is 6.07. The maximum Gasteiger partial charge on any atom is 0.290 e. The highest BCUT2D eigenvalue weighted by Crippen LogP contribution is 2.43. The van der Waals surface area contributed by atoms with Crippen molar-refractivity contribution in [3.05, 3.63) is 35.9 Å². The van der Waals surface area contributed by atoms with E-state index in [1.165, 1.54) is 0 Å². The number of carbonyl (C=O) groups excluding carboxylic acids is 7. The number of benzene rings is 1. The van der Waals surface area contributed by atoms with Crippen LogP contribution in [0.1, 0.15) is 125 Å². The molecule has 0 spiro atoms. The van der Waals surface area contributed by atoms with Crippen molar-refractivity contribution in [2.75, 3.05) is 13.6 Å². The largest absolute Gasteiger partial charge is 0.359 e. The van der Waals surface area contributed by atoms with Crippen molar-refractivity contribution in [1.29, 1.82) is 0 Å². The number of hydrogen-bond donors (Lipinski definition) is 4. The van der Waals surface area contributed by atoms with Crippen LogP contribution in [0.25, 0.3) is 0 Å². The van der Waals surface area contributed by atoms with Crippen LogP contribution in [0.15, 0.2) is 30.3 Å². The predicted molar refractivity (Wildman–Crippen MR) is 205 cm³/mol. The third-order valence-corrected chi connectivity index (χ3v) is 10.7. The second-order valence-electron chi connectivity index (χ2n) is 15.3. The monoisotopic (exact) mass is 739 g/mol. The molecular weight excluding hydrogens is 674 g/mol. The molecule has 1 aromatic carbocycles. The van der Waals surface area contributed by atoms with Gasteiger partial charge in [0.15, 0.2) is 0 Å². The first kappa shape index (κ1) is 45.1. The normalized spacial score (nSPS) is 20.0. The highest BCUT2D eigenvalue weighted by atomic mass is 16.2. The number of carbonyl (C=O) groups is 7.